The van der Waals surface area contributed by atoms with Gasteiger partial charge in [0, 0.05) is 24.8 Å². The van der Waals surface area contributed by atoms with Gasteiger partial charge in [0.25, 0.3) is 0 Å². The van der Waals surface area contributed by atoms with Crippen molar-refractivity contribution < 1.29 is 34.8 Å². The molecule has 38 heavy (non-hydrogen) atoms. The molecule has 3 fully saturated rings. The number of ether oxygens (including phenoxy) is 1. The number of likely N-dealkylation sites (N-methyl/N-ethyl adjacent to an activating group) is 1. The van der Waals surface area contributed by atoms with E-state index in [0.717, 1.165) is 31.2 Å². The van der Waals surface area contributed by atoms with E-state index in [4.69, 9.17) is 9.84 Å². The Morgan fingerprint density at radius 2 is 1.87 bits per heavy atom. The molecule has 0 aromatic heterocycles. The molecule has 7 atom stereocenters. The molecule has 0 spiro atoms. The van der Waals surface area contributed by atoms with Crippen LogP contribution in [0.15, 0.2) is 54.3 Å². The number of fused-ring (bicyclic) bond motifs is 1. The first-order valence-corrected chi connectivity index (χ1v) is 13.8. The van der Waals surface area contributed by atoms with Gasteiger partial charge in [0.1, 0.15) is 6.10 Å². The molecule has 0 radical (unpaired) electrons. The lowest BCUT2D eigenvalue weighted by molar-refractivity contribution is -0.137. The van der Waals surface area contributed by atoms with Crippen molar-refractivity contribution in [3.05, 3.63) is 59.9 Å². The molecule has 3 aliphatic rings. The monoisotopic (exact) mass is 529 g/mol. The minimum atomic E-state index is -0.854. The molecular formula is C30H43NO7. The van der Waals surface area contributed by atoms with Crippen LogP contribution in [0.3, 0.4) is 0 Å². The molecule has 1 saturated heterocycles. The van der Waals surface area contributed by atoms with E-state index in [1.165, 1.54) is 0 Å². The molecule has 1 aliphatic heterocycles. The molecule has 2 aliphatic carbocycles. The number of allylic oxidation sites excluding steroid dienone is 2. The van der Waals surface area contributed by atoms with E-state index in [-0.39, 0.29) is 36.2 Å². The minimum Gasteiger partial charge on any atom is -0.486 e. The molecular weight excluding hydrogens is 486 g/mol. The quantitative estimate of drug-likeness (QED) is 0.176. The van der Waals surface area contributed by atoms with Crippen molar-refractivity contribution in [3.8, 4) is 0 Å². The molecule has 0 unspecified atom stereocenters. The first kappa shape index (κ1) is 30.0. The molecule has 0 amide bonds. The van der Waals surface area contributed by atoms with Gasteiger partial charge >= 0.3 is 5.97 Å². The number of ketones is 1. The number of aliphatic hydroxyl groups excluding tert-OH is 3. The van der Waals surface area contributed by atoms with Crippen LogP contribution < -0.4 is 5.32 Å². The Hall–Kier alpha value is -2.52. The predicted molar refractivity (Wildman–Crippen MR) is 144 cm³/mol. The number of aliphatic carboxylic acids is 1. The second-order valence-corrected chi connectivity index (χ2v) is 10.6. The van der Waals surface area contributed by atoms with Crippen molar-refractivity contribution in [1.29, 1.82) is 0 Å². The Bertz CT molecular complexity index is 957. The predicted octanol–water partition coefficient (Wildman–Crippen LogP) is 3.53. The normalized spacial score (nSPS) is 28.6. The first-order valence-electron chi connectivity index (χ1n) is 13.8. The van der Waals surface area contributed by atoms with Crippen LogP contribution in [0.1, 0.15) is 70.0 Å². The third kappa shape index (κ3) is 7.99. The van der Waals surface area contributed by atoms with E-state index in [1.807, 2.05) is 44.3 Å². The summed E-state index contributed by atoms with van der Waals surface area (Å²) in [5.41, 5.74) is 0.958. The molecule has 8 heteroatoms. The third-order valence-electron chi connectivity index (χ3n) is 7.97. The molecule has 4 rings (SSSR count). The van der Waals surface area contributed by atoms with Crippen LogP contribution in [0.5, 0.6) is 0 Å². The van der Waals surface area contributed by atoms with Crippen molar-refractivity contribution in [3.63, 3.8) is 0 Å². The zero-order valence-corrected chi connectivity index (χ0v) is 22.4. The fourth-order valence-corrected chi connectivity index (χ4v) is 5.56. The van der Waals surface area contributed by atoms with Crippen molar-refractivity contribution in [2.75, 3.05) is 7.05 Å². The van der Waals surface area contributed by atoms with E-state index in [1.54, 1.807) is 18.2 Å². The number of nitrogens with one attached hydrogen (secondary N) is 1. The summed E-state index contributed by atoms with van der Waals surface area (Å²) in [5, 5.41) is 42.0. The van der Waals surface area contributed by atoms with Crippen LogP contribution in [0.2, 0.25) is 0 Å². The number of hydrogen-bond acceptors (Lipinski definition) is 7. The van der Waals surface area contributed by atoms with Gasteiger partial charge in [-0.1, -0.05) is 55.3 Å². The number of aliphatic hydroxyl groups is 3. The second kappa shape index (κ2) is 14.6. The van der Waals surface area contributed by atoms with Crippen LogP contribution in [-0.4, -0.2) is 63.6 Å². The van der Waals surface area contributed by atoms with Gasteiger partial charge in [-0.3, -0.25) is 9.59 Å². The SMILES string of the molecule is CN[C@@H](C)[C@H](O)c1ccccc1.O=C(O)CCCC=C1O[C@H]2C[C@@H](O)[C@H](C=C[C@@H](O)C3CCCC3)[C@H]2C1=O. The molecule has 2 saturated carbocycles. The number of carbonyl (C=O) groups is 2. The number of carbonyl (C=O) groups excluding carboxylic acids is 1. The van der Waals surface area contributed by atoms with Crippen LogP contribution >= 0.6 is 0 Å². The van der Waals surface area contributed by atoms with Crippen LogP contribution in [0.4, 0.5) is 0 Å². The Balaban J connectivity index is 0.000000279. The lowest BCUT2D eigenvalue weighted by atomic mass is 9.89. The molecule has 1 aromatic rings. The van der Waals surface area contributed by atoms with E-state index in [0.29, 0.717) is 25.0 Å². The fourth-order valence-electron chi connectivity index (χ4n) is 5.56. The topological polar surface area (TPSA) is 136 Å². The van der Waals surface area contributed by atoms with E-state index in [2.05, 4.69) is 5.32 Å². The van der Waals surface area contributed by atoms with Gasteiger partial charge in [-0.2, -0.15) is 0 Å². The maximum absolute atomic E-state index is 12.7. The summed E-state index contributed by atoms with van der Waals surface area (Å²) in [6, 6.07) is 9.76. The van der Waals surface area contributed by atoms with Gasteiger partial charge in [0.05, 0.1) is 24.2 Å². The summed E-state index contributed by atoms with van der Waals surface area (Å²) in [6.45, 7) is 1.96. The number of hydrogen-bond donors (Lipinski definition) is 5. The van der Waals surface area contributed by atoms with Gasteiger partial charge in [-0.25, -0.2) is 0 Å². The third-order valence-corrected chi connectivity index (χ3v) is 7.97. The van der Waals surface area contributed by atoms with Crippen molar-refractivity contribution in [2.45, 2.75) is 88.7 Å². The van der Waals surface area contributed by atoms with Gasteiger partial charge in [-0.15, -0.1) is 0 Å². The molecule has 5 N–H and O–H groups in total. The summed E-state index contributed by atoms with van der Waals surface area (Å²) in [5.74, 6) is -1.15. The Morgan fingerprint density at radius 3 is 2.50 bits per heavy atom. The van der Waals surface area contributed by atoms with Gasteiger partial charge in [-0.05, 0) is 57.2 Å². The number of benzene rings is 1. The lowest BCUT2D eigenvalue weighted by Gasteiger charge is -2.17. The smallest absolute Gasteiger partial charge is 0.303 e. The lowest BCUT2D eigenvalue weighted by Crippen LogP contribution is -2.28. The van der Waals surface area contributed by atoms with E-state index in [9.17, 15) is 24.9 Å². The Kier molecular flexibility index (Phi) is 11.5. The highest BCUT2D eigenvalue weighted by Crippen LogP contribution is 2.43. The number of carboxylic acids is 1. The average Bonchev–Trinajstić information content (AvgIpc) is 3.63. The number of carboxylic acid groups (broad SMARTS) is 1. The van der Waals surface area contributed by atoms with Gasteiger partial charge < -0.3 is 30.5 Å². The van der Waals surface area contributed by atoms with Crippen LogP contribution in [0.25, 0.3) is 0 Å². The minimum absolute atomic E-state index is 0.0635. The Labute approximate surface area is 225 Å². The number of Topliss-reactive ketones (excluding diaryl/α,β-unsaturated/α-hetero) is 1. The van der Waals surface area contributed by atoms with Crippen molar-refractivity contribution >= 4 is 11.8 Å². The maximum atomic E-state index is 12.7. The van der Waals surface area contributed by atoms with Crippen molar-refractivity contribution in [2.24, 2.45) is 17.8 Å². The molecule has 1 aromatic carbocycles. The second-order valence-electron chi connectivity index (χ2n) is 10.6. The molecule has 8 nitrogen and oxygen atoms in total. The van der Waals surface area contributed by atoms with Gasteiger partial charge in [0.2, 0.25) is 5.78 Å². The molecule has 0 bridgehead atoms. The summed E-state index contributed by atoms with van der Waals surface area (Å²) in [7, 11) is 1.84. The average molecular weight is 530 g/mol. The zero-order chi connectivity index (χ0) is 27.7. The standard InChI is InChI=1S/C20H28O6.C10H15NO/c21-14(12-5-1-2-6-12)10-9-13-15(22)11-17-19(13)20(25)16(26-17)7-3-4-8-18(23)24;1-8(11-2)10(12)9-6-4-3-5-7-9/h7,9-10,12-15,17,19,21-22H,1-6,8,11H2,(H,23,24);3-8,10-12H,1-2H3/t13-,14+,15+,17-,19+;8-,10-/m00/s1. The number of rotatable bonds is 10. The summed E-state index contributed by atoms with van der Waals surface area (Å²) < 4.78 is 5.72. The largest absolute Gasteiger partial charge is 0.486 e. The maximum Gasteiger partial charge on any atom is 0.303 e. The van der Waals surface area contributed by atoms with Crippen LogP contribution in [-0.2, 0) is 14.3 Å². The highest BCUT2D eigenvalue weighted by Gasteiger charge is 2.52. The molecule has 210 valence electrons. The fraction of sp³-hybridized carbons (Fsp3) is 0.600. The summed E-state index contributed by atoms with van der Waals surface area (Å²) in [6.07, 6.45) is 9.05. The summed E-state index contributed by atoms with van der Waals surface area (Å²) >= 11 is 0. The van der Waals surface area contributed by atoms with E-state index < -0.39 is 30.2 Å². The van der Waals surface area contributed by atoms with Crippen molar-refractivity contribution in [1.82, 2.24) is 5.32 Å². The van der Waals surface area contributed by atoms with Gasteiger partial charge in [0.15, 0.2) is 5.76 Å². The zero-order valence-electron chi connectivity index (χ0n) is 22.4. The number of unbranched alkanes of at least 4 members (excludes halogenated alkanes) is 1. The van der Waals surface area contributed by atoms with Crippen LogP contribution in [0, 0.1) is 17.8 Å². The summed E-state index contributed by atoms with van der Waals surface area (Å²) in [4.78, 5) is 23.2. The Morgan fingerprint density at radius 1 is 1.18 bits per heavy atom. The first-order chi connectivity index (χ1) is 18.2. The van der Waals surface area contributed by atoms with E-state index >= 15 is 0 Å². The molecule has 1 heterocycles. The highest BCUT2D eigenvalue weighted by atomic mass is 16.5. The highest BCUT2D eigenvalue weighted by molar-refractivity contribution is 5.98.